The van der Waals surface area contributed by atoms with Gasteiger partial charge in [0, 0.05) is 19.2 Å². The molecular weight excluding hydrogens is 270 g/mol. The quantitative estimate of drug-likeness (QED) is 0.472. The zero-order valence-corrected chi connectivity index (χ0v) is 15.5. The maximum atomic E-state index is 12.1. The van der Waals surface area contributed by atoms with Gasteiger partial charge in [-0.15, -0.1) is 0 Å². The number of hydrogen-bond acceptors (Lipinski definition) is 1. The maximum Gasteiger partial charge on any atom is 0.223 e. The molecule has 1 unspecified atom stereocenters. The summed E-state index contributed by atoms with van der Waals surface area (Å²) in [6.07, 6.45) is 10.4. The second-order valence-electron chi connectivity index (χ2n) is 6.43. The summed E-state index contributed by atoms with van der Waals surface area (Å²) in [7, 11) is 0. The van der Waals surface area contributed by atoms with Crippen LogP contribution in [-0.4, -0.2) is 17.4 Å². The molecule has 0 aromatic rings. The lowest BCUT2D eigenvalue weighted by Crippen LogP contribution is -2.30. The molecule has 1 atom stereocenters. The molecule has 0 saturated carbocycles. The number of carbonyl (C=O) groups is 1. The highest BCUT2D eigenvalue weighted by molar-refractivity contribution is 5.75. The van der Waals surface area contributed by atoms with Crippen LogP contribution in [0.3, 0.4) is 0 Å². The van der Waals surface area contributed by atoms with Crippen LogP contribution >= 0.6 is 0 Å². The van der Waals surface area contributed by atoms with Gasteiger partial charge < -0.3 is 4.90 Å². The van der Waals surface area contributed by atoms with E-state index in [2.05, 4.69) is 53.3 Å². The van der Waals surface area contributed by atoms with Gasteiger partial charge in [0.05, 0.1) is 0 Å². The zero-order chi connectivity index (χ0) is 17.1. The molecule has 0 rings (SSSR count). The van der Waals surface area contributed by atoms with E-state index in [-0.39, 0.29) is 5.91 Å². The minimum Gasteiger partial charge on any atom is -0.316 e. The monoisotopic (exact) mass is 305 g/mol. The molecule has 0 radical (unpaired) electrons. The van der Waals surface area contributed by atoms with E-state index in [9.17, 15) is 4.79 Å². The van der Waals surface area contributed by atoms with E-state index in [1.807, 2.05) is 11.0 Å². The van der Waals surface area contributed by atoms with E-state index in [4.69, 9.17) is 0 Å². The molecule has 2 heteroatoms. The molecule has 0 N–H and O–H groups in total. The molecule has 2 nitrogen and oxygen atoms in total. The van der Waals surface area contributed by atoms with Crippen molar-refractivity contribution in [1.82, 2.24) is 4.90 Å². The average molecular weight is 306 g/mol. The van der Waals surface area contributed by atoms with E-state index in [0.29, 0.717) is 11.8 Å². The van der Waals surface area contributed by atoms with Crippen LogP contribution in [0.4, 0.5) is 0 Å². The van der Waals surface area contributed by atoms with Crippen molar-refractivity contribution in [2.45, 2.75) is 67.2 Å². The molecule has 0 heterocycles. The fourth-order valence-electron chi connectivity index (χ4n) is 2.28. The third-order valence-electron chi connectivity index (χ3n) is 4.09. The Morgan fingerprint density at radius 3 is 2.23 bits per heavy atom. The number of nitrogens with zero attached hydrogens (tertiary/aromatic N) is 1. The molecule has 0 aromatic carbocycles. The molecule has 0 aliphatic carbocycles. The lowest BCUT2D eigenvalue weighted by Gasteiger charge is -2.26. The fraction of sp³-hybridized carbons (Fsp3) is 0.650. The topological polar surface area (TPSA) is 20.3 Å². The summed E-state index contributed by atoms with van der Waals surface area (Å²) in [6.45, 7) is 17.3. The summed E-state index contributed by atoms with van der Waals surface area (Å²) >= 11 is 0. The lowest BCUT2D eigenvalue weighted by molar-refractivity contribution is -0.127. The van der Waals surface area contributed by atoms with E-state index in [1.165, 1.54) is 5.57 Å². The minimum atomic E-state index is 0.140. The van der Waals surface area contributed by atoms with Gasteiger partial charge in [0.25, 0.3) is 0 Å². The van der Waals surface area contributed by atoms with Gasteiger partial charge in [-0.05, 0) is 36.3 Å². The number of rotatable bonds is 10. The first kappa shape index (κ1) is 20.7. The minimum absolute atomic E-state index is 0.140. The van der Waals surface area contributed by atoms with E-state index >= 15 is 0 Å². The second kappa shape index (κ2) is 11.3. The van der Waals surface area contributed by atoms with Crippen molar-refractivity contribution in [1.29, 1.82) is 0 Å². The van der Waals surface area contributed by atoms with Gasteiger partial charge in [0.1, 0.15) is 0 Å². The van der Waals surface area contributed by atoms with Gasteiger partial charge in [-0.2, -0.15) is 0 Å². The molecule has 0 aliphatic heterocycles. The third-order valence-corrected chi connectivity index (χ3v) is 4.09. The Morgan fingerprint density at radius 1 is 1.18 bits per heavy atom. The summed E-state index contributed by atoms with van der Waals surface area (Å²) in [4.78, 5) is 14.0. The zero-order valence-electron chi connectivity index (χ0n) is 15.5. The number of amides is 1. The van der Waals surface area contributed by atoms with Gasteiger partial charge in [-0.25, -0.2) is 0 Å². The van der Waals surface area contributed by atoms with Crippen molar-refractivity contribution >= 4 is 5.91 Å². The molecule has 0 bridgehead atoms. The van der Waals surface area contributed by atoms with Gasteiger partial charge in [-0.3, -0.25) is 4.79 Å². The summed E-state index contributed by atoms with van der Waals surface area (Å²) < 4.78 is 0. The molecule has 22 heavy (non-hydrogen) atoms. The van der Waals surface area contributed by atoms with Crippen molar-refractivity contribution < 1.29 is 4.79 Å². The number of carbonyl (C=O) groups excluding carboxylic acids is 1. The first-order chi connectivity index (χ1) is 10.4. The molecular formula is C20H35NO. The Balaban J connectivity index is 5.47. The Kier molecular flexibility index (Phi) is 10.6. The maximum absolute atomic E-state index is 12.1. The highest BCUT2D eigenvalue weighted by Crippen LogP contribution is 2.21. The number of hydrogen-bond donors (Lipinski definition) is 0. The molecule has 0 spiro atoms. The first-order valence-electron chi connectivity index (χ1n) is 8.68. The Bertz CT molecular complexity index is 404. The molecule has 1 amide bonds. The number of unbranched alkanes of at least 4 members (excludes halogenated alkanes) is 1. The van der Waals surface area contributed by atoms with E-state index in [1.54, 1.807) is 6.92 Å². The normalized spacial score (nSPS) is 14.1. The summed E-state index contributed by atoms with van der Waals surface area (Å²) in [5, 5.41) is 0. The highest BCUT2D eigenvalue weighted by Gasteiger charge is 2.15. The fourth-order valence-corrected chi connectivity index (χ4v) is 2.28. The SMILES string of the molecule is C=C/C(=C\C=C(/CC(C)CC)N(CCCC)C(C)=O)C(C)C. The predicted molar refractivity (Wildman–Crippen MR) is 97.6 cm³/mol. The van der Waals surface area contributed by atoms with Crippen LogP contribution in [0, 0.1) is 11.8 Å². The van der Waals surface area contributed by atoms with Crippen molar-refractivity contribution in [2.75, 3.05) is 6.54 Å². The van der Waals surface area contributed by atoms with Crippen molar-refractivity contribution in [3.8, 4) is 0 Å². The van der Waals surface area contributed by atoms with Gasteiger partial charge >= 0.3 is 0 Å². The van der Waals surface area contributed by atoms with Crippen LogP contribution in [0.25, 0.3) is 0 Å². The summed E-state index contributed by atoms with van der Waals surface area (Å²) in [5.74, 6) is 1.16. The summed E-state index contributed by atoms with van der Waals surface area (Å²) in [5.41, 5.74) is 2.34. The van der Waals surface area contributed by atoms with Crippen molar-refractivity contribution in [3.63, 3.8) is 0 Å². The van der Waals surface area contributed by atoms with Gasteiger partial charge in [0.15, 0.2) is 0 Å². The summed E-state index contributed by atoms with van der Waals surface area (Å²) in [6, 6.07) is 0. The first-order valence-corrected chi connectivity index (χ1v) is 8.68. The Hall–Kier alpha value is -1.31. The molecule has 0 aliphatic rings. The molecule has 126 valence electrons. The van der Waals surface area contributed by atoms with Crippen molar-refractivity contribution in [2.24, 2.45) is 11.8 Å². The predicted octanol–water partition coefficient (Wildman–Crippen LogP) is 5.72. The van der Waals surface area contributed by atoms with Crippen molar-refractivity contribution in [3.05, 3.63) is 36.1 Å². The van der Waals surface area contributed by atoms with Crippen LogP contribution in [0.5, 0.6) is 0 Å². The molecule has 0 aromatic heterocycles. The van der Waals surface area contributed by atoms with E-state index < -0.39 is 0 Å². The number of allylic oxidation sites excluding steroid dienone is 5. The highest BCUT2D eigenvalue weighted by atomic mass is 16.2. The van der Waals surface area contributed by atoms with Crippen LogP contribution < -0.4 is 0 Å². The van der Waals surface area contributed by atoms with Gasteiger partial charge in [0.2, 0.25) is 5.91 Å². The van der Waals surface area contributed by atoms with Gasteiger partial charge in [-0.1, -0.05) is 66.2 Å². The molecule has 0 fully saturated rings. The largest absolute Gasteiger partial charge is 0.316 e. The standard InChI is InChI=1S/C20H35NO/c1-8-11-14-21(18(7)22)20(15-17(6)9-2)13-12-19(10-3)16(4)5/h10,12-13,16-17H,3,8-9,11,14-15H2,1-2,4-7H3/b19-12+,20-13+. The Morgan fingerprint density at radius 2 is 1.82 bits per heavy atom. The van der Waals surface area contributed by atoms with E-state index in [0.717, 1.165) is 37.9 Å². The smallest absolute Gasteiger partial charge is 0.223 e. The van der Waals surface area contributed by atoms with Crippen LogP contribution in [-0.2, 0) is 4.79 Å². The van der Waals surface area contributed by atoms with Crippen LogP contribution in [0.1, 0.15) is 67.2 Å². The van der Waals surface area contributed by atoms with Crippen LogP contribution in [0.2, 0.25) is 0 Å². The Labute approximate surface area is 138 Å². The third kappa shape index (κ3) is 7.63. The molecule has 0 saturated heterocycles. The lowest BCUT2D eigenvalue weighted by atomic mass is 9.99. The van der Waals surface area contributed by atoms with Crippen LogP contribution in [0.15, 0.2) is 36.1 Å². The second-order valence-corrected chi connectivity index (χ2v) is 6.43. The average Bonchev–Trinajstić information content (AvgIpc) is 2.46.